The maximum absolute atomic E-state index is 12.4. The van der Waals surface area contributed by atoms with Crippen molar-refractivity contribution in [1.29, 1.82) is 0 Å². The molecule has 0 aliphatic heterocycles. The van der Waals surface area contributed by atoms with Gasteiger partial charge in [-0.3, -0.25) is 5.10 Å². The minimum atomic E-state index is -3.40. The van der Waals surface area contributed by atoms with Gasteiger partial charge in [0, 0.05) is 13.1 Å². The summed E-state index contributed by atoms with van der Waals surface area (Å²) in [6.45, 7) is 8.73. The average molecular weight is 259 g/mol. The summed E-state index contributed by atoms with van der Waals surface area (Å²) in [5.41, 5.74) is 0.590. The summed E-state index contributed by atoms with van der Waals surface area (Å²) in [6.07, 6.45) is 2.35. The van der Waals surface area contributed by atoms with E-state index >= 15 is 0 Å². The van der Waals surface area contributed by atoms with Gasteiger partial charge in [-0.15, -0.1) is 0 Å². The van der Waals surface area contributed by atoms with Crippen LogP contribution >= 0.6 is 0 Å². The van der Waals surface area contributed by atoms with Crippen molar-refractivity contribution < 1.29 is 8.42 Å². The molecule has 0 aromatic carbocycles. The van der Waals surface area contributed by atoms with E-state index in [1.165, 1.54) is 10.5 Å². The number of nitrogens with zero attached hydrogens (tertiary/aromatic N) is 2. The molecule has 0 aliphatic carbocycles. The Labute approximate surface area is 103 Å². The highest BCUT2D eigenvalue weighted by Crippen LogP contribution is 2.19. The van der Waals surface area contributed by atoms with Crippen LogP contribution in [0.2, 0.25) is 0 Å². The average Bonchev–Trinajstić information content (AvgIpc) is 2.72. The number of aromatic nitrogens is 2. The molecule has 5 nitrogen and oxygen atoms in total. The van der Waals surface area contributed by atoms with Crippen LogP contribution in [0.25, 0.3) is 0 Å². The van der Waals surface area contributed by atoms with Crippen molar-refractivity contribution in [3.63, 3.8) is 0 Å². The van der Waals surface area contributed by atoms with E-state index in [1.807, 2.05) is 6.92 Å². The van der Waals surface area contributed by atoms with Gasteiger partial charge in [-0.1, -0.05) is 27.2 Å². The van der Waals surface area contributed by atoms with E-state index in [1.54, 1.807) is 6.92 Å². The molecule has 1 atom stereocenters. The molecule has 0 fully saturated rings. The Morgan fingerprint density at radius 1 is 1.47 bits per heavy atom. The molecule has 0 radical (unpaired) electrons. The van der Waals surface area contributed by atoms with Gasteiger partial charge in [0.25, 0.3) is 0 Å². The lowest BCUT2D eigenvalue weighted by Gasteiger charge is -2.23. The number of aromatic amines is 1. The first-order chi connectivity index (χ1) is 7.93. The first kappa shape index (κ1) is 14.2. The van der Waals surface area contributed by atoms with Crippen LogP contribution in [-0.2, 0) is 10.0 Å². The van der Waals surface area contributed by atoms with Gasteiger partial charge in [0.05, 0.1) is 11.9 Å². The Kier molecular flexibility index (Phi) is 4.70. The molecule has 1 rings (SSSR count). The lowest BCUT2D eigenvalue weighted by Crippen LogP contribution is -2.34. The molecule has 1 heterocycles. The van der Waals surface area contributed by atoms with E-state index in [4.69, 9.17) is 0 Å². The summed E-state index contributed by atoms with van der Waals surface area (Å²) in [6, 6.07) is 0. The van der Waals surface area contributed by atoms with E-state index in [0.717, 1.165) is 6.42 Å². The van der Waals surface area contributed by atoms with Crippen molar-refractivity contribution >= 4 is 10.0 Å². The molecular formula is C11H21N3O2S. The van der Waals surface area contributed by atoms with Crippen LogP contribution in [0.3, 0.4) is 0 Å². The fourth-order valence-electron chi connectivity index (χ4n) is 1.61. The largest absolute Gasteiger partial charge is 0.281 e. The van der Waals surface area contributed by atoms with E-state index < -0.39 is 10.0 Å². The molecule has 1 aromatic heterocycles. The zero-order valence-electron chi connectivity index (χ0n) is 10.9. The van der Waals surface area contributed by atoms with E-state index in [9.17, 15) is 8.42 Å². The van der Waals surface area contributed by atoms with Crippen molar-refractivity contribution in [1.82, 2.24) is 14.5 Å². The second-order valence-corrected chi connectivity index (χ2v) is 6.23. The normalized spacial score (nSPS) is 14.2. The fourth-order valence-corrected chi connectivity index (χ4v) is 3.30. The topological polar surface area (TPSA) is 66.1 Å². The maximum atomic E-state index is 12.4. The Morgan fingerprint density at radius 3 is 2.53 bits per heavy atom. The molecule has 0 amide bonds. The van der Waals surface area contributed by atoms with Gasteiger partial charge < -0.3 is 0 Å². The highest BCUT2D eigenvalue weighted by Gasteiger charge is 2.26. The van der Waals surface area contributed by atoms with E-state index in [0.29, 0.717) is 24.7 Å². The minimum Gasteiger partial charge on any atom is -0.281 e. The van der Waals surface area contributed by atoms with Gasteiger partial charge in [-0.2, -0.15) is 9.40 Å². The number of rotatable bonds is 6. The Bertz CT molecular complexity index is 453. The Hall–Kier alpha value is -0.880. The summed E-state index contributed by atoms with van der Waals surface area (Å²) in [7, 11) is -3.40. The molecule has 1 unspecified atom stereocenters. The molecular weight excluding hydrogens is 238 g/mol. The number of hydrogen-bond donors (Lipinski definition) is 1. The molecule has 0 saturated carbocycles. The molecule has 0 aliphatic rings. The third-order valence-corrected chi connectivity index (χ3v) is 5.02. The summed E-state index contributed by atoms with van der Waals surface area (Å²) >= 11 is 0. The zero-order chi connectivity index (χ0) is 13.1. The Morgan fingerprint density at radius 2 is 2.12 bits per heavy atom. The number of nitrogens with one attached hydrogen (secondary N) is 1. The van der Waals surface area contributed by atoms with Crippen molar-refractivity contribution in [3.8, 4) is 0 Å². The van der Waals surface area contributed by atoms with Crippen LogP contribution in [0.1, 0.15) is 32.9 Å². The van der Waals surface area contributed by atoms with Gasteiger partial charge in [0.2, 0.25) is 10.0 Å². The summed E-state index contributed by atoms with van der Waals surface area (Å²) in [5, 5.41) is 6.44. The van der Waals surface area contributed by atoms with Gasteiger partial charge >= 0.3 is 0 Å². The fraction of sp³-hybridized carbons (Fsp3) is 0.727. The first-order valence-electron chi connectivity index (χ1n) is 5.93. The van der Waals surface area contributed by atoms with Crippen LogP contribution in [0.15, 0.2) is 11.1 Å². The standard InChI is InChI=1S/C11H21N3O2S/c1-5-9(3)8-14(6-2)17(15,16)11-7-12-13-10(11)4/h7,9H,5-6,8H2,1-4H3,(H,12,13). The summed E-state index contributed by atoms with van der Waals surface area (Å²) in [5.74, 6) is 0.358. The van der Waals surface area contributed by atoms with Crippen LogP contribution in [0.5, 0.6) is 0 Å². The van der Waals surface area contributed by atoms with E-state index in [-0.39, 0.29) is 4.90 Å². The first-order valence-corrected chi connectivity index (χ1v) is 7.37. The van der Waals surface area contributed by atoms with Crippen molar-refractivity contribution in [2.24, 2.45) is 5.92 Å². The molecule has 0 spiro atoms. The monoisotopic (exact) mass is 259 g/mol. The second-order valence-electron chi connectivity index (χ2n) is 4.33. The molecule has 0 saturated heterocycles. The van der Waals surface area contributed by atoms with Crippen LogP contribution in [0.4, 0.5) is 0 Å². The summed E-state index contributed by atoms with van der Waals surface area (Å²) in [4.78, 5) is 0.280. The highest BCUT2D eigenvalue weighted by molar-refractivity contribution is 7.89. The quantitative estimate of drug-likeness (QED) is 0.846. The van der Waals surface area contributed by atoms with Crippen molar-refractivity contribution in [2.75, 3.05) is 13.1 Å². The number of hydrogen-bond acceptors (Lipinski definition) is 3. The predicted molar refractivity (Wildman–Crippen MR) is 67.2 cm³/mol. The van der Waals surface area contributed by atoms with Crippen molar-refractivity contribution in [3.05, 3.63) is 11.9 Å². The van der Waals surface area contributed by atoms with Crippen molar-refractivity contribution in [2.45, 2.75) is 39.0 Å². The van der Waals surface area contributed by atoms with Gasteiger partial charge in [-0.25, -0.2) is 8.42 Å². The predicted octanol–water partition coefficient (Wildman–Crippen LogP) is 1.77. The number of aryl methyl sites for hydroxylation is 1. The van der Waals surface area contributed by atoms with Crippen LogP contribution in [-0.4, -0.2) is 36.0 Å². The van der Waals surface area contributed by atoms with Gasteiger partial charge in [0.15, 0.2) is 0 Å². The smallest absolute Gasteiger partial charge is 0.246 e. The molecule has 17 heavy (non-hydrogen) atoms. The summed E-state index contributed by atoms with van der Waals surface area (Å²) < 4.78 is 26.2. The SMILES string of the molecule is CCC(C)CN(CC)S(=O)(=O)c1cn[nH]c1C. The molecule has 6 heteroatoms. The maximum Gasteiger partial charge on any atom is 0.246 e. The lowest BCUT2D eigenvalue weighted by atomic mass is 10.1. The van der Waals surface area contributed by atoms with Gasteiger partial charge in [0.1, 0.15) is 4.90 Å². The molecule has 0 bridgehead atoms. The van der Waals surface area contributed by atoms with Crippen LogP contribution < -0.4 is 0 Å². The van der Waals surface area contributed by atoms with Gasteiger partial charge in [-0.05, 0) is 12.8 Å². The zero-order valence-corrected chi connectivity index (χ0v) is 11.7. The van der Waals surface area contributed by atoms with Crippen LogP contribution in [0, 0.1) is 12.8 Å². The number of sulfonamides is 1. The lowest BCUT2D eigenvalue weighted by molar-refractivity contribution is 0.361. The molecule has 1 N–H and O–H groups in total. The second kappa shape index (κ2) is 5.64. The third-order valence-electron chi connectivity index (χ3n) is 2.97. The number of H-pyrrole nitrogens is 1. The highest BCUT2D eigenvalue weighted by atomic mass is 32.2. The minimum absolute atomic E-state index is 0.280. The van der Waals surface area contributed by atoms with E-state index in [2.05, 4.69) is 24.0 Å². The molecule has 98 valence electrons. The Balaban J connectivity index is 2.99. The molecule has 1 aromatic rings. The third kappa shape index (κ3) is 3.07.